The van der Waals surface area contributed by atoms with Crippen LogP contribution in [0.4, 0.5) is 18.9 Å². The van der Waals surface area contributed by atoms with Crippen LogP contribution in [0.25, 0.3) is 0 Å². The van der Waals surface area contributed by atoms with Crippen molar-refractivity contribution in [1.29, 1.82) is 0 Å². The topological polar surface area (TPSA) is 102 Å². The molecule has 1 saturated heterocycles. The van der Waals surface area contributed by atoms with Gasteiger partial charge in [-0.2, -0.15) is 13.2 Å². The van der Waals surface area contributed by atoms with Gasteiger partial charge >= 0.3 is 6.18 Å². The maximum Gasteiger partial charge on any atom is 0.416 e. The maximum absolute atomic E-state index is 14.0. The van der Waals surface area contributed by atoms with Gasteiger partial charge < -0.3 is 16.2 Å². The third-order valence-electron chi connectivity index (χ3n) is 7.19. The number of nitrogens with one attached hydrogen (secondary N) is 1. The number of anilines is 1. The third kappa shape index (κ3) is 6.90. The summed E-state index contributed by atoms with van der Waals surface area (Å²) in [5, 5.41) is 11.7. The minimum atomic E-state index is -4.57. The van der Waals surface area contributed by atoms with Gasteiger partial charge in [0.15, 0.2) is 0 Å². The number of carbonyl (C=O) groups excluding carboxylic acids is 2. The Bertz CT molecular complexity index is 1170. The number of alkyl halides is 3. The van der Waals surface area contributed by atoms with Crippen LogP contribution in [0.15, 0.2) is 36.4 Å². The van der Waals surface area contributed by atoms with Gasteiger partial charge in [-0.05, 0) is 46.9 Å². The van der Waals surface area contributed by atoms with Gasteiger partial charge in [0.1, 0.15) is 0 Å². The molecule has 1 atom stereocenters. The van der Waals surface area contributed by atoms with Crippen molar-refractivity contribution in [2.24, 2.45) is 5.73 Å². The Morgan fingerprint density at radius 3 is 2.42 bits per heavy atom. The fourth-order valence-corrected chi connectivity index (χ4v) is 5.31. The van der Waals surface area contributed by atoms with E-state index >= 15 is 0 Å². The molecule has 0 spiro atoms. The zero-order valence-electron chi connectivity index (χ0n) is 21.4. The van der Waals surface area contributed by atoms with Crippen molar-refractivity contribution in [2.75, 3.05) is 57.7 Å². The van der Waals surface area contributed by atoms with Crippen LogP contribution in [0.5, 0.6) is 0 Å². The molecular weight excluding hydrogens is 499 g/mol. The number of hydrogen-bond donors (Lipinski definition) is 3. The van der Waals surface area contributed by atoms with Crippen molar-refractivity contribution in [3.8, 4) is 0 Å². The number of aliphatic hydroxyl groups is 1. The number of halogens is 3. The molecular formula is C27H34F3N5O3. The highest BCUT2D eigenvalue weighted by Crippen LogP contribution is 2.35. The molecule has 0 aliphatic carbocycles. The van der Waals surface area contributed by atoms with Gasteiger partial charge in [0.05, 0.1) is 18.7 Å². The van der Waals surface area contributed by atoms with E-state index in [9.17, 15) is 22.8 Å². The predicted octanol–water partition coefficient (Wildman–Crippen LogP) is 2.47. The summed E-state index contributed by atoms with van der Waals surface area (Å²) in [6.07, 6.45) is -4.57. The highest BCUT2D eigenvalue weighted by atomic mass is 19.4. The maximum atomic E-state index is 14.0. The summed E-state index contributed by atoms with van der Waals surface area (Å²) in [6.45, 7) is 6.66. The third-order valence-corrected chi connectivity index (χ3v) is 7.19. The van der Waals surface area contributed by atoms with E-state index in [-0.39, 0.29) is 36.9 Å². The zero-order chi connectivity index (χ0) is 27.4. The zero-order valence-corrected chi connectivity index (χ0v) is 21.4. The van der Waals surface area contributed by atoms with Crippen LogP contribution in [0.2, 0.25) is 0 Å². The second-order valence-electron chi connectivity index (χ2n) is 10.1. The molecule has 0 bridgehead atoms. The molecule has 11 heteroatoms. The van der Waals surface area contributed by atoms with Crippen molar-refractivity contribution in [1.82, 2.24) is 14.7 Å². The minimum absolute atomic E-state index is 0.0592. The number of β-amino-alcohol motifs (C(OH)–C–C–N with tert-alkyl or cyclic N) is 1. The number of carbonyl (C=O) groups is 2. The van der Waals surface area contributed by atoms with Gasteiger partial charge in [-0.15, -0.1) is 0 Å². The van der Waals surface area contributed by atoms with Crippen LogP contribution in [0.3, 0.4) is 0 Å². The Balaban J connectivity index is 1.47. The van der Waals surface area contributed by atoms with E-state index in [1.807, 2.05) is 22.8 Å². The van der Waals surface area contributed by atoms with Crippen LogP contribution in [-0.2, 0) is 24.1 Å². The molecule has 8 nitrogen and oxygen atoms in total. The van der Waals surface area contributed by atoms with Crippen molar-refractivity contribution < 1.29 is 27.9 Å². The van der Waals surface area contributed by atoms with Crippen LogP contribution in [0, 0.1) is 0 Å². The van der Waals surface area contributed by atoms with Crippen molar-refractivity contribution in [2.45, 2.75) is 32.1 Å². The molecule has 206 valence electrons. The number of piperazine rings is 1. The van der Waals surface area contributed by atoms with E-state index in [2.05, 4.69) is 10.2 Å². The molecule has 2 aliphatic rings. The first-order chi connectivity index (χ1) is 18.0. The molecule has 1 fully saturated rings. The lowest BCUT2D eigenvalue weighted by atomic mass is 9.89. The largest absolute Gasteiger partial charge is 0.416 e. The van der Waals surface area contributed by atoms with Crippen LogP contribution < -0.4 is 11.1 Å². The summed E-state index contributed by atoms with van der Waals surface area (Å²) < 4.78 is 41.9. The van der Waals surface area contributed by atoms with E-state index in [1.54, 1.807) is 12.1 Å². The number of aliphatic hydroxyl groups excluding tert-OH is 1. The van der Waals surface area contributed by atoms with Crippen molar-refractivity contribution in [3.63, 3.8) is 0 Å². The lowest BCUT2D eigenvalue weighted by molar-refractivity contribution is -0.138. The number of nitrogens with two attached hydrogens (primary N) is 1. The quantitative estimate of drug-likeness (QED) is 0.482. The number of amides is 2. The van der Waals surface area contributed by atoms with Crippen LogP contribution in [-0.4, -0.2) is 84.0 Å². The van der Waals surface area contributed by atoms with E-state index in [1.165, 1.54) is 12.1 Å². The number of nitrogens with zero attached hydrogens (tertiary/aromatic N) is 3. The van der Waals surface area contributed by atoms with Crippen LogP contribution in [0.1, 0.15) is 45.5 Å². The van der Waals surface area contributed by atoms with Gasteiger partial charge in [-0.3, -0.25) is 24.3 Å². The number of rotatable bonds is 8. The summed E-state index contributed by atoms with van der Waals surface area (Å²) in [6, 6.07) is 9.17. The first-order valence-electron chi connectivity index (χ1n) is 12.7. The minimum Gasteiger partial charge on any atom is -0.395 e. The van der Waals surface area contributed by atoms with Gasteiger partial charge in [0.25, 0.3) is 5.91 Å². The number of primary amides is 1. The Morgan fingerprint density at radius 2 is 1.76 bits per heavy atom. The van der Waals surface area contributed by atoms with Crippen molar-refractivity contribution in [3.05, 3.63) is 64.2 Å². The average Bonchev–Trinajstić information content (AvgIpc) is 2.85. The number of hydrogen-bond acceptors (Lipinski definition) is 6. The smallest absolute Gasteiger partial charge is 0.395 e. The molecule has 4 rings (SSSR count). The van der Waals surface area contributed by atoms with Gasteiger partial charge in [-0.25, -0.2) is 0 Å². The average molecular weight is 534 g/mol. The Hall–Kier alpha value is -2.99. The highest BCUT2D eigenvalue weighted by molar-refractivity contribution is 6.04. The van der Waals surface area contributed by atoms with Gasteiger partial charge in [-0.1, -0.05) is 19.1 Å². The summed E-state index contributed by atoms with van der Waals surface area (Å²) in [4.78, 5) is 30.3. The fraction of sp³-hybridized carbons (Fsp3) is 0.481. The number of benzene rings is 2. The van der Waals surface area contributed by atoms with Gasteiger partial charge in [0.2, 0.25) is 5.91 Å². The van der Waals surface area contributed by atoms with Crippen molar-refractivity contribution >= 4 is 17.5 Å². The van der Waals surface area contributed by atoms with E-state index < -0.39 is 23.6 Å². The van der Waals surface area contributed by atoms with E-state index in [0.29, 0.717) is 51.4 Å². The lowest BCUT2D eigenvalue weighted by Crippen LogP contribution is -2.46. The fourth-order valence-electron chi connectivity index (χ4n) is 5.31. The molecule has 4 N–H and O–H groups in total. The molecule has 0 radical (unpaired) electrons. The second-order valence-corrected chi connectivity index (χ2v) is 10.1. The van der Waals surface area contributed by atoms with E-state index in [4.69, 9.17) is 10.8 Å². The predicted molar refractivity (Wildman–Crippen MR) is 138 cm³/mol. The summed E-state index contributed by atoms with van der Waals surface area (Å²) in [7, 11) is 0. The number of fused-ring (bicyclic) bond motifs is 1. The molecule has 0 aromatic heterocycles. The standard InChI is InChI=1S/C27H34F3N5O3/c1-18-14-35(17-25(31)37)16-21-12-19(3-5-23(18)21)26(38)32-22-4-2-20(24(13-22)27(28,29)30)15-34-8-6-33(7-9-34)10-11-36/h2-5,12-13,18,36H,6-11,14-17H2,1H3,(H2,31,37)(H,32,38)/t18-/m0/s1. The molecule has 2 aromatic rings. The molecule has 0 unspecified atom stereocenters. The monoisotopic (exact) mass is 533 g/mol. The van der Waals surface area contributed by atoms with E-state index in [0.717, 1.165) is 17.2 Å². The molecule has 2 aromatic carbocycles. The molecule has 2 aliphatic heterocycles. The first-order valence-corrected chi connectivity index (χ1v) is 12.7. The van der Waals surface area contributed by atoms with Crippen LogP contribution >= 0.6 is 0 Å². The molecule has 38 heavy (non-hydrogen) atoms. The molecule has 0 saturated carbocycles. The summed E-state index contributed by atoms with van der Waals surface area (Å²) in [5.41, 5.74) is 7.09. The molecule has 2 amide bonds. The second kappa shape index (κ2) is 11.8. The Kier molecular flexibility index (Phi) is 8.71. The highest BCUT2D eigenvalue weighted by Gasteiger charge is 2.34. The lowest BCUT2D eigenvalue weighted by Gasteiger charge is -2.34. The normalized spacial score (nSPS) is 19.2. The van der Waals surface area contributed by atoms with Gasteiger partial charge in [0, 0.05) is 63.6 Å². The first kappa shape index (κ1) is 28.0. The summed E-state index contributed by atoms with van der Waals surface area (Å²) in [5.74, 6) is -0.787. The Morgan fingerprint density at radius 1 is 1.05 bits per heavy atom. The summed E-state index contributed by atoms with van der Waals surface area (Å²) >= 11 is 0. The Labute approximate surface area is 220 Å². The molecule has 2 heterocycles. The SMILES string of the molecule is C[C@H]1CN(CC(N)=O)Cc2cc(C(=O)Nc3ccc(CN4CCN(CCO)CC4)c(C(F)(F)F)c3)ccc21.